The van der Waals surface area contributed by atoms with E-state index in [4.69, 9.17) is 13.9 Å². The molecule has 1 aromatic carbocycles. The summed E-state index contributed by atoms with van der Waals surface area (Å²) >= 11 is 3.56. The highest BCUT2D eigenvalue weighted by Gasteiger charge is 2.13. The van der Waals surface area contributed by atoms with Crippen LogP contribution in [-0.2, 0) is 11.2 Å². The van der Waals surface area contributed by atoms with Gasteiger partial charge < -0.3 is 13.9 Å². The zero-order chi connectivity index (χ0) is 11.5. The minimum absolute atomic E-state index is 0.228. The van der Waals surface area contributed by atoms with Crippen LogP contribution in [0, 0.1) is 0 Å². The van der Waals surface area contributed by atoms with Crippen molar-refractivity contribution in [1.82, 2.24) is 0 Å². The third-order valence-electron chi connectivity index (χ3n) is 2.43. The quantitative estimate of drug-likeness (QED) is 0.802. The van der Waals surface area contributed by atoms with E-state index >= 15 is 0 Å². The van der Waals surface area contributed by atoms with Gasteiger partial charge in [-0.2, -0.15) is 0 Å². The molecular weight excluding hydrogens is 272 g/mol. The van der Waals surface area contributed by atoms with Gasteiger partial charge >= 0.3 is 0 Å². The summed E-state index contributed by atoms with van der Waals surface area (Å²) < 4.78 is 16.9. The molecule has 0 fully saturated rings. The number of aryl methyl sites for hydroxylation is 1. The summed E-state index contributed by atoms with van der Waals surface area (Å²) in [5.41, 5.74) is 2.00. The Labute approximate surface area is 102 Å². The van der Waals surface area contributed by atoms with E-state index in [2.05, 4.69) is 22.9 Å². The highest BCUT2D eigenvalue weighted by Crippen LogP contribution is 2.37. The van der Waals surface area contributed by atoms with Crippen molar-refractivity contribution >= 4 is 26.9 Å². The van der Waals surface area contributed by atoms with Crippen LogP contribution in [0.2, 0.25) is 0 Å². The summed E-state index contributed by atoms with van der Waals surface area (Å²) in [6.07, 6.45) is 2.58. The average Bonchev–Trinajstić information content (AvgIpc) is 2.75. The molecule has 0 bridgehead atoms. The van der Waals surface area contributed by atoms with E-state index in [0.29, 0.717) is 0 Å². The number of ether oxygens (including phenoxy) is 2. The lowest BCUT2D eigenvalue weighted by atomic mass is 10.1. The molecule has 16 heavy (non-hydrogen) atoms. The molecule has 2 aromatic rings. The monoisotopic (exact) mass is 284 g/mol. The van der Waals surface area contributed by atoms with Gasteiger partial charge in [-0.3, -0.25) is 0 Å². The summed E-state index contributed by atoms with van der Waals surface area (Å²) in [6, 6.07) is 3.92. The van der Waals surface area contributed by atoms with Gasteiger partial charge in [-0.15, -0.1) is 0 Å². The Morgan fingerprint density at radius 3 is 2.94 bits per heavy atom. The van der Waals surface area contributed by atoms with Crippen molar-refractivity contribution in [2.24, 2.45) is 0 Å². The Morgan fingerprint density at radius 2 is 2.25 bits per heavy atom. The molecule has 0 radical (unpaired) electrons. The number of halogens is 1. The van der Waals surface area contributed by atoms with Crippen LogP contribution in [0.1, 0.15) is 12.5 Å². The highest BCUT2D eigenvalue weighted by molar-refractivity contribution is 9.10. The van der Waals surface area contributed by atoms with Gasteiger partial charge in [0.15, 0.2) is 6.79 Å². The zero-order valence-corrected chi connectivity index (χ0v) is 10.8. The van der Waals surface area contributed by atoms with E-state index in [-0.39, 0.29) is 6.79 Å². The van der Waals surface area contributed by atoms with E-state index in [1.807, 2.05) is 12.1 Å². The molecule has 0 atom stereocenters. The van der Waals surface area contributed by atoms with Crippen LogP contribution in [-0.4, -0.2) is 13.9 Å². The molecule has 4 heteroatoms. The molecule has 0 spiro atoms. The number of benzene rings is 1. The molecule has 2 rings (SSSR count). The first-order valence-corrected chi connectivity index (χ1v) is 5.87. The van der Waals surface area contributed by atoms with Gasteiger partial charge in [0.2, 0.25) is 0 Å². The summed E-state index contributed by atoms with van der Waals surface area (Å²) in [7, 11) is 1.60. The minimum Gasteiger partial charge on any atom is -0.466 e. The fourth-order valence-electron chi connectivity index (χ4n) is 1.62. The van der Waals surface area contributed by atoms with E-state index < -0.39 is 0 Å². The summed E-state index contributed by atoms with van der Waals surface area (Å²) in [4.78, 5) is 0. The first-order chi connectivity index (χ1) is 7.77. The Kier molecular flexibility index (Phi) is 3.51. The van der Waals surface area contributed by atoms with Gasteiger partial charge in [-0.25, -0.2) is 0 Å². The Bertz CT molecular complexity index is 490. The van der Waals surface area contributed by atoms with Gasteiger partial charge in [-0.1, -0.05) is 6.92 Å². The molecule has 3 nitrogen and oxygen atoms in total. The van der Waals surface area contributed by atoms with Crippen LogP contribution in [0.25, 0.3) is 11.0 Å². The Hall–Kier alpha value is -1.00. The van der Waals surface area contributed by atoms with Crippen molar-refractivity contribution in [3.05, 3.63) is 28.4 Å². The maximum absolute atomic E-state index is 5.57. The largest absolute Gasteiger partial charge is 0.466 e. The number of fused-ring (bicyclic) bond motifs is 1. The topological polar surface area (TPSA) is 31.6 Å². The molecule has 0 unspecified atom stereocenters. The van der Waals surface area contributed by atoms with Gasteiger partial charge in [0, 0.05) is 7.11 Å². The molecule has 86 valence electrons. The summed E-state index contributed by atoms with van der Waals surface area (Å²) in [5, 5.41) is 0.959. The van der Waals surface area contributed by atoms with Crippen LogP contribution in [0.15, 0.2) is 27.3 Å². The normalized spacial score (nSPS) is 10.9. The molecule has 0 saturated carbocycles. The van der Waals surface area contributed by atoms with Crippen molar-refractivity contribution in [1.29, 1.82) is 0 Å². The third-order valence-corrected chi connectivity index (χ3v) is 3.30. The van der Waals surface area contributed by atoms with E-state index in [1.165, 1.54) is 0 Å². The Morgan fingerprint density at radius 1 is 1.44 bits per heavy atom. The van der Waals surface area contributed by atoms with Gasteiger partial charge in [-0.05, 0) is 40.0 Å². The second-order valence-electron chi connectivity index (χ2n) is 3.42. The molecule has 0 aliphatic rings. The molecule has 0 saturated heterocycles. The fraction of sp³-hybridized carbons (Fsp3) is 0.333. The first kappa shape index (κ1) is 11.5. The predicted molar refractivity (Wildman–Crippen MR) is 65.8 cm³/mol. The molecule has 1 heterocycles. The number of hydrogen-bond acceptors (Lipinski definition) is 3. The smallest absolute Gasteiger partial charge is 0.188 e. The van der Waals surface area contributed by atoms with Crippen molar-refractivity contribution in [2.45, 2.75) is 13.3 Å². The van der Waals surface area contributed by atoms with Crippen molar-refractivity contribution < 1.29 is 13.9 Å². The number of rotatable bonds is 4. The van der Waals surface area contributed by atoms with Crippen molar-refractivity contribution in [3.8, 4) is 5.75 Å². The maximum atomic E-state index is 5.57. The molecule has 0 aliphatic heterocycles. The lowest BCUT2D eigenvalue weighted by molar-refractivity contribution is 0.0516. The fourth-order valence-corrected chi connectivity index (χ4v) is 2.35. The van der Waals surface area contributed by atoms with Crippen LogP contribution in [0.5, 0.6) is 5.75 Å². The minimum atomic E-state index is 0.228. The lowest BCUT2D eigenvalue weighted by Gasteiger charge is -2.11. The Balaban J connectivity index is 2.56. The summed E-state index contributed by atoms with van der Waals surface area (Å²) in [6.45, 7) is 2.32. The van der Waals surface area contributed by atoms with Gasteiger partial charge in [0.05, 0.1) is 16.1 Å². The van der Waals surface area contributed by atoms with Crippen LogP contribution in [0.3, 0.4) is 0 Å². The second kappa shape index (κ2) is 4.89. The van der Waals surface area contributed by atoms with Crippen LogP contribution in [0.4, 0.5) is 0 Å². The number of methoxy groups -OCH3 is 1. The van der Waals surface area contributed by atoms with E-state index in [9.17, 15) is 0 Å². The zero-order valence-electron chi connectivity index (χ0n) is 9.25. The second-order valence-corrected chi connectivity index (χ2v) is 4.21. The van der Waals surface area contributed by atoms with Crippen LogP contribution >= 0.6 is 15.9 Å². The average molecular weight is 285 g/mol. The predicted octanol–water partition coefficient (Wildman–Crippen LogP) is 3.74. The van der Waals surface area contributed by atoms with E-state index in [0.717, 1.165) is 33.2 Å². The number of furan rings is 1. The van der Waals surface area contributed by atoms with Gasteiger partial charge in [0.1, 0.15) is 11.3 Å². The number of hydrogen-bond donors (Lipinski definition) is 0. The molecule has 0 amide bonds. The van der Waals surface area contributed by atoms with E-state index in [1.54, 1.807) is 13.4 Å². The molecule has 1 aromatic heterocycles. The SMILES string of the molecule is CCc1cc2occc2c(OCOC)c1Br. The standard InChI is InChI=1S/C12H13BrO3/c1-3-8-6-10-9(4-5-15-10)12(11(8)13)16-7-14-2/h4-6H,3,7H2,1-2H3. The maximum Gasteiger partial charge on any atom is 0.188 e. The third kappa shape index (κ3) is 1.95. The lowest BCUT2D eigenvalue weighted by Crippen LogP contribution is -2.01. The van der Waals surface area contributed by atoms with Crippen molar-refractivity contribution in [2.75, 3.05) is 13.9 Å². The van der Waals surface area contributed by atoms with Gasteiger partial charge in [0.25, 0.3) is 0 Å². The first-order valence-electron chi connectivity index (χ1n) is 5.08. The molecule has 0 aliphatic carbocycles. The summed E-state index contributed by atoms with van der Waals surface area (Å²) in [5.74, 6) is 0.782. The molecule has 0 N–H and O–H groups in total. The van der Waals surface area contributed by atoms with Crippen molar-refractivity contribution in [3.63, 3.8) is 0 Å². The highest BCUT2D eigenvalue weighted by atomic mass is 79.9. The van der Waals surface area contributed by atoms with Crippen LogP contribution < -0.4 is 4.74 Å². The molecular formula is C12H13BrO3.